The van der Waals surface area contributed by atoms with Gasteiger partial charge in [0.1, 0.15) is 0 Å². The van der Waals surface area contributed by atoms with Gasteiger partial charge in [-0.1, -0.05) is 23.9 Å². The first-order valence-electron chi connectivity index (χ1n) is 6.61. The second kappa shape index (κ2) is 6.39. The Balaban J connectivity index is 2.24. The topological polar surface area (TPSA) is 91.3 Å². The van der Waals surface area contributed by atoms with Crippen LogP contribution in [-0.4, -0.2) is 71.5 Å². The molecule has 2 unspecified atom stereocenters. The van der Waals surface area contributed by atoms with Crippen molar-refractivity contribution in [3.8, 4) is 0 Å². The van der Waals surface area contributed by atoms with E-state index in [0.29, 0.717) is 11.7 Å². The van der Waals surface area contributed by atoms with Crippen molar-refractivity contribution >= 4 is 34.8 Å². The number of rotatable bonds is 4. The Hall–Kier alpha value is -2.03. The normalized spacial score (nSPS) is 23.9. The SMILES string of the molecule is C=C(C)CN1C(SCC(=O)OC)=NC2C1C(=O)NC(=O)N2C. The lowest BCUT2D eigenvalue weighted by Gasteiger charge is -2.36. The van der Waals surface area contributed by atoms with Crippen LogP contribution in [0.2, 0.25) is 0 Å². The first-order valence-corrected chi connectivity index (χ1v) is 7.59. The highest BCUT2D eigenvalue weighted by Crippen LogP contribution is 2.28. The fraction of sp³-hybridized carbons (Fsp3) is 0.538. The van der Waals surface area contributed by atoms with Crippen LogP contribution in [0.4, 0.5) is 4.79 Å². The molecule has 8 nitrogen and oxygen atoms in total. The molecule has 1 N–H and O–H groups in total. The molecule has 2 atom stereocenters. The van der Waals surface area contributed by atoms with E-state index >= 15 is 0 Å². The first kappa shape index (κ1) is 16.3. The predicted molar refractivity (Wildman–Crippen MR) is 82.3 cm³/mol. The number of nitrogens with one attached hydrogen (secondary N) is 1. The summed E-state index contributed by atoms with van der Waals surface area (Å²) in [7, 11) is 2.89. The van der Waals surface area contributed by atoms with Crippen molar-refractivity contribution in [2.24, 2.45) is 4.99 Å². The molecule has 0 aromatic rings. The number of methoxy groups -OCH3 is 1. The Kier molecular flexibility index (Phi) is 4.74. The van der Waals surface area contributed by atoms with Gasteiger partial charge >= 0.3 is 12.0 Å². The van der Waals surface area contributed by atoms with Gasteiger partial charge in [-0.2, -0.15) is 0 Å². The van der Waals surface area contributed by atoms with E-state index in [4.69, 9.17) is 0 Å². The highest BCUT2D eigenvalue weighted by Gasteiger charge is 2.48. The zero-order valence-electron chi connectivity index (χ0n) is 12.7. The second-order valence-corrected chi connectivity index (χ2v) is 6.07. The number of carbonyl (C=O) groups is 3. The summed E-state index contributed by atoms with van der Waals surface area (Å²) in [4.78, 5) is 42.8. The molecule has 1 saturated heterocycles. The van der Waals surface area contributed by atoms with Gasteiger partial charge in [-0.15, -0.1) is 0 Å². The second-order valence-electron chi connectivity index (χ2n) is 5.13. The van der Waals surface area contributed by atoms with Gasteiger partial charge in [-0.05, 0) is 6.92 Å². The largest absolute Gasteiger partial charge is 0.468 e. The highest BCUT2D eigenvalue weighted by atomic mass is 32.2. The summed E-state index contributed by atoms with van der Waals surface area (Å²) in [6.45, 7) is 6.11. The van der Waals surface area contributed by atoms with E-state index in [1.165, 1.54) is 23.8 Å². The monoisotopic (exact) mass is 326 g/mol. The standard InChI is InChI=1S/C13H18N4O4S/c1-7(2)5-17-9-10(16(3)12(20)15-11(9)19)14-13(17)22-6-8(18)21-4/h9-10H,1,5-6H2,2-4H3,(H,15,19,20). The molecule has 2 aliphatic rings. The van der Waals surface area contributed by atoms with Gasteiger partial charge in [0.15, 0.2) is 17.4 Å². The van der Waals surface area contributed by atoms with Crippen LogP contribution < -0.4 is 5.32 Å². The molecule has 2 heterocycles. The number of amidine groups is 1. The number of ether oxygens (including phenoxy) is 1. The fourth-order valence-electron chi connectivity index (χ4n) is 2.26. The van der Waals surface area contributed by atoms with E-state index in [9.17, 15) is 14.4 Å². The van der Waals surface area contributed by atoms with Crippen molar-refractivity contribution < 1.29 is 19.1 Å². The number of imide groups is 1. The average molecular weight is 326 g/mol. The van der Waals surface area contributed by atoms with Gasteiger partial charge in [0, 0.05) is 13.6 Å². The summed E-state index contributed by atoms with van der Waals surface area (Å²) in [5.74, 6) is -0.695. The molecule has 2 aliphatic heterocycles. The number of carbonyl (C=O) groups excluding carboxylic acids is 3. The smallest absolute Gasteiger partial charge is 0.325 e. The lowest BCUT2D eigenvalue weighted by atomic mass is 10.1. The van der Waals surface area contributed by atoms with Crippen LogP contribution in [0.15, 0.2) is 17.1 Å². The van der Waals surface area contributed by atoms with E-state index in [2.05, 4.69) is 21.6 Å². The van der Waals surface area contributed by atoms with E-state index in [0.717, 1.165) is 5.57 Å². The number of esters is 1. The number of thioether (sulfide) groups is 1. The van der Waals surface area contributed by atoms with Crippen molar-refractivity contribution in [1.82, 2.24) is 15.1 Å². The minimum absolute atomic E-state index is 0.0841. The van der Waals surface area contributed by atoms with Crippen molar-refractivity contribution in [3.63, 3.8) is 0 Å². The molecule has 0 spiro atoms. The lowest BCUT2D eigenvalue weighted by molar-refractivity contribution is -0.137. The molecule has 120 valence electrons. The summed E-state index contributed by atoms with van der Waals surface area (Å²) in [6.07, 6.45) is -0.597. The van der Waals surface area contributed by atoms with Gasteiger partial charge < -0.3 is 14.5 Å². The van der Waals surface area contributed by atoms with Crippen LogP contribution in [0.25, 0.3) is 0 Å². The predicted octanol–water partition coefficient (Wildman–Crippen LogP) is 0.0166. The maximum Gasteiger partial charge on any atom is 0.325 e. The van der Waals surface area contributed by atoms with Gasteiger partial charge in [0.05, 0.1) is 12.9 Å². The molecular formula is C13H18N4O4S. The van der Waals surface area contributed by atoms with Gasteiger partial charge in [0.25, 0.3) is 5.91 Å². The molecule has 9 heteroatoms. The summed E-state index contributed by atoms with van der Waals surface area (Å²) in [5, 5.41) is 2.83. The average Bonchev–Trinajstić information content (AvgIpc) is 2.80. The Labute approximate surface area is 132 Å². The van der Waals surface area contributed by atoms with E-state index < -0.39 is 24.1 Å². The van der Waals surface area contributed by atoms with Crippen molar-refractivity contribution in [1.29, 1.82) is 0 Å². The molecule has 3 amide bonds. The third-order valence-corrected chi connectivity index (χ3v) is 4.29. The molecule has 0 saturated carbocycles. The Morgan fingerprint density at radius 2 is 2.18 bits per heavy atom. The van der Waals surface area contributed by atoms with Crippen molar-refractivity contribution in [2.75, 3.05) is 26.5 Å². The Morgan fingerprint density at radius 3 is 2.77 bits per heavy atom. The van der Waals surface area contributed by atoms with Gasteiger partial charge in [-0.25, -0.2) is 9.79 Å². The minimum Gasteiger partial charge on any atom is -0.468 e. The van der Waals surface area contributed by atoms with Crippen molar-refractivity contribution in [3.05, 3.63) is 12.2 Å². The van der Waals surface area contributed by atoms with Crippen LogP contribution >= 0.6 is 11.8 Å². The third kappa shape index (κ3) is 3.08. The van der Waals surface area contributed by atoms with E-state index in [1.807, 2.05) is 6.92 Å². The molecular weight excluding hydrogens is 308 g/mol. The Bertz CT molecular complexity index is 562. The number of nitrogens with zero attached hydrogens (tertiary/aromatic N) is 3. The fourth-order valence-corrected chi connectivity index (χ4v) is 3.15. The van der Waals surface area contributed by atoms with E-state index in [1.54, 1.807) is 11.9 Å². The van der Waals surface area contributed by atoms with E-state index in [-0.39, 0.29) is 11.7 Å². The number of urea groups is 1. The summed E-state index contributed by atoms with van der Waals surface area (Å²) in [5.41, 5.74) is 0.847. The molecule has 0 aromatic heterocycles. The number of aliphatic imine (C=N–C) groups is 1. The highest BCUT2D eigenvalue weighted by molar-refractivity contribution is 8.14. The maximum atomic E-state index is 12.2. The quantitative estimate of drug-likeness (QED) is 0.578. The first-order chi connectivity index (χ1) is 10.3. The number of fused-ring (bicyclic) bond motifs is 1. The summed E-state index contributed by atoms with van der Waals surface area (Å²) < 4.78 is 4.61. The number of likely N-dealkylation sites (N-methyl/N-ethyl adjacent to an activating group) is 1. The molecule has 0 bridgehead atoms. The number of amides is 3. The van der Waals surface area contributed by atoms with Crippen molar-refractivity contribution in [2.45, 2.75) is 19.1 Å². The van der Waals surface area contributed by atoms with Crippen LogP contribution in [0.3, 0.4) is 0 Å². The molecule has 0 aliphatic carbocycles. The summed E-state index contributed by atoms with van der Waals surface area (Å²) in [6, 6.07) is -1.09. The lowest BCUT2D eigenvalue weighted by Crippen LogP contribution is -2.63. The minimum atomic E-state index is -0.612. The van der Waals surface area contributed by atoms with Gasteiger partial charge in [-0.3, -0.25) is 14.9 Å². The Morgan fingerprint density at radius 1 is 1.50 bits per heavy atom. The zero-order valence-corrected chi connectivity index (χ0v) is 13.5. The number of hydrogen-bond donors (Lipinski definition) is 1. The van der Waals surface area contributed by atoms with Crippen LogP contribution in [0.1, 0.15) is 6.92 Å². The molecule has 2 rings (SSSR count). The third-order valence-electron chi connectivity index (χ3n) is 3.31. The van der Waals surface area contributed by atoms with Crippen LogP contribution in [-0.2, 0) is 14.3 Å². The zero-order chi connectivity index (χ0) is 16.4. The molecule has 0 radical (unpaired) electrons. The summed E-state index contributed by atoms with van der Waals surface area (Å²) >= 11 is 1.18. The maximum absolute atomic E-state index is 12.2. The number of hydrogen-bond acceptors (Lipinski definition) is 7. The van der Waals surface area contributed by atoms with Crippen LogP contribution in [0, 0.1) is 0 Å². The van der Waals surface area contributed by atoms with Gasteiger partial charge in [0.2, 0.25) is 0 Å². The molecule has 22 heavy (non-hydrogen) atoms. The van der Waals surface area contributed by atoms with Crippen LogP contribution in [0.5, 0.6) is 0 Å². The molecule has 1 fully saturated rings. The molecule has 0 aromatic carbocycles.